The summed E-state index contributed by atoms with van der Waals surface area (Å²) in [6, 6.07) is 14.6. The van der Waals surface area contributed by atoms with Gasteiger partial charge in [0.05, 0.1) is 7.11 Å². The van der Waals surface area contributed by atoms with Crippen LogP contribution < -0.4 is 10.1 Å². The Labute approximate surface area is 159 Å². The van der Waals surface area contributed by atoms with Gasteiger partial charge < -0.3 is 10.1 Å². The molecule has 2 rings (SSSR count). The maximum Gasteiger partial charge on any atom is 0 e. The number of benzene rings is 2. The van der Waals surface area contributed by atoms with Gasteiger partial charge in [-0.15, -0.1) is 0 Å². The average Bonchev–Trinajstić information content (AvgIpc) is 2.67. The third-order valence-corrected chi connectivity index (χ3v) is 3.11. The fraction of sp³-hybridized carbons (Fsp3) is 0.211. The average molecular weight is 377 g/mol. The fourth-order valence-electron chi connectivity index (χ4n) is 2.24. The summed E-state index contributed by atoms with van der Waals surface area (Å²) >= 11 is 0. The molecule has 0 unspecified atom stereocenters. The van der Waals surface area contributed by atoms with E-state index in [-0.39, 0.29) is 17.4 Å². The molecule has 6 heteroatoms. The minimum Gasteiger partial charge on any atom is 0 e. The van der Waals surface area contributed by atoms with Gasteiger partial charge in [-0.1, -0.05) is 36.4 Å². The summed E-state index contributed by atoms with van der Waals surface area (Å²) in [7, 11) is 3.68. The van der Waals surface area contributed by atoms with E-state index in [2.05, 4.69) is 62.5 Å². The minimum absolute atomic E-state index is 0. The Balaban J connectivity index is -0.000000626. The molecule has 0 fully saturated rings. The van der Waals surface area contributed by atoms with E-state index in [4.69, 9.17) is 18.7 Å². The van der Waals surface area contributed by atoms with E-state index in [0.717, 1.165) is 12.3 Å². The van der Waals surface area contributed by atoms with Crippen molar-refractivity contribution in [2.24, 2.45) is 0 Å². The molecule has 0 saturated carbocycles. The standard InChI is InChI=1S/C16H19NO.3CO.Cr/c1-12-7-4-5-9-14(12)16-13(11-17-2)8-6-10-15(16)18-3;3*1-2;/h4-10,17H,11H2,1-3H3;;;;. The summed E-state index contributed by atoms with van der Waals surface area (Å²) in [6.07, 6.45) is 0. The Morgan fingerprint density at radius 2 is 1.48 bits per heavy atom. The normalized spacial score (nSPS) is 7.72. The van der Waals surface area contributed by atoms with Crippen LogP contribution in [0.4, 0.5) is 0 Å². The predicted octanol–water partition coefficient (Wildman–Crippen LogP) is 3.27. The molecule has 2 aromatic rings. The van der Waals surface area contributed by atoms with E-state index in [1.165, 1.54) is 22.3 Å². The van der Waals surface area contributed by atoms with Crippen molar-refractivity contribution < 1.29 is 36.1 Å². The Morgan fingerprint density at radius 1 is 0.920 bits per heavy atom. The van der Waals surface area contributed by atoms with Crippen LogP contribution in [-0.2, 0) is 37.9 Å². The Bertz CT molecular complexity index is 652. The second kappa shape index (κ2) is 18.3. The molecule has 0 aliphatic rings. The molecule has 0 radical (unpaired) electrons. The molecular formula is C19H19CrNO4. The van der Waals surface area contributed by atoms with E-state index >= 15 is 0 Å². The van der Waals surface area contributed by atoms with Crippen LogP contribution in [0, 0.1) is 26.9 Å². The molecule has 0 atom stereocenters. The maximum absolute atomic E-state index is 7.50. The van der Waals surface area contributed by atoms with Crippen LogP contribution >= 0.6 is 0 Å². The molecule has 0 bridgehead atoms. The second-order valence-corrected chi connectivity index (χ2v) is 4.34. The van der Waals surface area contributed by atoms with Crippen LogP contribution in [0.25, 0.3) is 11.1 Å². The summed E-state index contributed by atoms with van der Waals surface area (Å²) in [5.41, 5.74) is 4.94. The Morgan fingerprint density at radius 3 is 1.96 bits per heavy atom. The summed E-state index contributed by atoms with van der Waals surface area (Å²) in [4.78, 5) is 0. The molecule has 0 aliphatic heterocycles. The molecule has 130 valence electrons. The van der Waals surface area contributed by atoms with Crippen LogP contribution in [0.15, 0.2) is 42.5 Å². The third kappa shape index (κ3) is 8.56. The van der Waals surface area contributed by atoms with Gasteiger partial charge in [-0.05, 0) is 36.7 Å². The molecule has 0 spiro atoms. The van der Waals surface area contributed by atoms with Crippen molar-refractivity contribution in [2.75, 3.05) is 14.2 Å². The van der Waals surface area contributed by atoms with E-state index in [9.17, 15) is 0 Å². The van der Waals surface area contributed by atoms with Crippen molar-refractivity contribution in [1.29, 1.82) is 0 Å². The Kier molecular flexibility index (Phi) is 20.3. The van der Waals surface area contributed by atoms with Crippen molar-refractivity contribution in [1.82, 2.24) is 5.32 Å². The molecule has 0 aromatic heterocycles. The molecule has 2 aromatic carbocycles. The van der Waals surface area contributed by atoms with Crippen LogP contribution in [0.2, 0.25) is 0 Å². The van der Waals surface area contributed by atoms with Crippen molar-refractivity contribution in [3.63, 3.8) is 0 Å². The molecular weight excluding hydrogens is 358 g/mol. The van der Waals surface area contributed by atoms with Gasteiger partial charge in [0.1, 0.15) is 5.75 Å². The van der Waals surface area contributed by atoms with E-state index < -0.39 is 0 Å². The first kappa shape index (κ1) is 27.8. The van der Waals surface area contributed by atoms with Gasteiger partial charge >= 0.3 is 33.9 Å². The quantitative estimate of drug-likeness (QED) is 0.655. The summed E-state index contributed by atoms with van der Waals surface area (Å²) in [5.74, 6) is 0.928. The molecule has 0 amide bonds. The van der Waals surface area contributed by atoms with Crippen LogP contribution in [0.3, 0.4) is 0 Å². The summed E-state index contributed by atoms with van der Waals surface area (Å²) in [6.45, 7) is 16.5. The number of nitrogens with one attached hydrogen (secondary N) is 1. The third-order valence-electron chi connectivity index (χ3n) is 3.11. The molecule has 0 aliphatic carbocycles. The zero-order valence-corrected chi connectivity index (χ0v) is 15.6. The van der Waals surface area contributed by atoms with E-state index in [1.54, 1.807) is 7.11 Å². The topological polar surface area (TPSA) is 81.0 Å². The SMILES string of the molecule is CNCc1cccc(OC)c1-c1ccccc1C.[C-]#[O+].[C-]#[O+].[C-]#[O+].[Cr]. The maximum atomic E-state index is 7.50. The zero-order valence-electron chi connectivity index (χ0n) is 14.3. The molecule has 5 nitrogen and oxygen atoms in total. The largest absolute Gasteiger partial charge is 0 e. The first-order valence-corrected chi connectivity index (χ1v) is 6.75. The van der Waals surface area contributed by atoms with Gasteiger partial charge in [0.2, 0.25) is 0 Å². The zero-order chi connectivity index (χ0) is 19.0. The van der Waals surface area contributed by atoms with Gasteiger partial charge in [-0.3, -0.25) is 0 Å². The molecule has 25 heavy (non-hydrogen) atoms. The summed E-state index contributed by atoms with van der Waals surface area (Å²) < 4.78 is 28.0. The summed E-state index contributed by atoms with van der Waals surface area (Å²) in [5, 5.41) is 3.21. The van der Waals surface area contributed by atoms with Crippen molar-refractivity contribution in [2.45, 2.75) is 13.5 Å². The minimum atomic E-state index is 0. The van der Waals surface area contributed by atoms with Crippen molar-refractivity contribution in [3.8, 4) is 16.9 Å². The van der Waals surface area contributed by atoms with E-state index in [0.29, 0.717) is 0 Å². The van der Waals surface area contributed by atoms with E-state index in [1.807, 2.05) is 19.2 Å². The number of rotatable bonds is 4. The monoisotopic (exact) mass is 377 g/mol. The second-order valence-electron chi connectivity index (χ2n) is 4.34. The van der Waals surface area contributed by atoms with Gasteiger partial charge in [-0.25, -0.2) is 0 Å². The number of ether oxygens (including phenoxy) is 1. The van der Waals surface area contributed by atoms with Gasteiger partial charge in [0.25, 0.3) is 0 Å². The fourth-order valence-corrected chi connectivity index (χ4v) is 2.24. The van der Waals surface area contributed by atoms with Crippen LogP contribution in [0.1, 0.15) is 11.1 Å². The Hall–Kier alpha value is -2.05. The number of methoxy groups -OCH3 is 1. The van der Waals surface area contributed by atoms with Gasteiger partial charge in [0, 0.05) is 29.5 Å². The first-order chi connectivity index (χ1) is 11.8. The van der Waals surface area contributed by atoms with Crippen LogP contribution in [0.5, 0.6) is 5.75 Å². The van der Waals surface area contributed by atoms with Gasteiger partial charge in [0.15, 0.2) is 0 Å². The van der Waals surface area contributed by atoms with Crippen molar-refractivity contribution >= 4 is 0 Å². The predicted molar refractivity (Wildman–Crippen MR) is 87.7 cm³/mol. The van der Waals surface area contributed by atoms with Gasteiger partial charge in [-0.2, -0.15) is 0 Å². The number of hydrogen-bond donors (Lipinski definition) is 1. The number of hydrogen-bond acceptors (Lipinski definition) is 2. The first-order valence-electron chi connectivity index (χ1n) is 6.75. The molecule has 0 heterocycles. The number of aryl methyl sites for hydroxylation is 1. The smallest absolute Gasteiger partial charge is 0 e. The van der Waals surface area contributed by atoms with Crippen LogP contribution in [-0.4, -0.2) is 14.2 Å². The van der Waals surface area contributed by atoms with Crippen molar-refractivity contribution in [3.05, 3.63) is 73.5 Å². The molecule has 0 saturated heterocycles. The molecule has 1 N–H and O–H groups in total.